The Morgan fingerprint density at radius 1 is 1.29 bits per heavy atom. The maximum Gasteiger partial charge on any atom is 0.120 e. The summed E-state index contributed by atoms with van der Waals surface area (Å²) in [6.45, 7) is 0.740. The molecule has 0 radical (unpaired) electrons. The van der Waals surface area contributed by atoms with Crippen LogP contribution in [-0.4, -0.2) is 26.2 Å². The predicted molar refractivity (Wildman–Crippen MR) is 87.9 cm³/mol. The van der Waals surface area contributed by atoms with Crippen molar-refractivity contribution in [2.45, 2.75) is 44.1 Å². The van der Waals surface area contributed by atoms with E-state index in [0.29, 0.717) is 0 Å². The zero-order valence-electron chi connectivity index (χ0n) is 13.3. The normalized spacial score (nSPS) is 29.2. The molecule has 1 aromatic rings. The van der Waals surface area contributed by atoms with Gasteiger partial charge in [0.25, 0.3) is 0 Å². The molecule has 3 nitrogen and oxygen atoms in total. The number of hydrogen-bond acceptors (Lipinski definition) is 3. The van der Waals surface area contributed by atoms with E-state index in [1.54, 1.807) is 7.11 Å². The van der Waals surface area contributed by atoms with Crippen molar-refractivity contribution in [1.29, 1.82) is 0 Å². The van der Waals surface area contributed by atoms with Gasteiger partial charge in [-0.25, -0.2) is 0 Å². The van der Waals surface area contributed by atoms with Gasteiger partial charge in [0.15, 0.2) is 0 Å². The lowest BCUT2D eigenvalue weighted by Gasteiger charge is -2.48. The number of anilines is 1. The van der Waals surface area contributed by atoms with Crippen LogP contribution in [0.15, 0.2) is 24.3 Å². The minimum atomic E-state index is 0.123. The van der Waals surface area contributed by atoms with Gasteiger partial charge in [0.1, 0.15) is 5.75 Å². The smallest absolute Gasteiger partial charge is 0.120 e. The average Bonchev–Trinajstić information content (AvgIpc) is 3.39. The van der Waals surface area contributed by atoms with Crippen LogP contribution in [0.25, 0.3) is 0 Å². The Labute approximate surface area is 128 Å². The predicted octanol–water partition coefficient (Wildman–Crippen LogP) is 3.43. The summed E-state index contributed by atoms with van der Waals surface area (Å²) in [6.07, 6.45) is 8.05. The largest absolute Gasteiger partial charge is 0.497 e. The highest BCUT2D eigenvalue weighted by molar-refractivity contribution is 5.52. The quantitative estimate of drug-likeness (QED) is 0.902. The molecular formula is C18H28N2O. The Balaban J connectivity index is 1.82. The second-order valence-corrected chi connectivity index (χ2v) is 6.88. The maximum atomic E-state index is 6.26. The Morgan fingerprint density at radius 3 is 2.76 bits per heavy atom. The van der Waals surface area contributed by atoms with Crippen LogP contribution in [0.5, 0.6) is 5.75 Å². The standard InChI is InChI=1S/C18H28N2O/c1-20(16-6-3-7-17(11-16)21-2)18(13-19)10-4-5-15(12-18)14-8-9-14/h3,6-7,11,14-15H,4-5,8-10,12-13,19H2,1-2H3. The number of rotatable bonds is 5. The SMILES string of the molecule is COc1cccc(N(C)C2(CN)CCCC(C3CC3)C2)c1. The zero-order valence-corrected chi connectivity index (χ0v) is 13.3. The van der Waals surface area contributed by atoms with E-state index < -0.39 is 0 Å². The molecule has 0 saturated heterocycles. The Bertz CT molecular complexity index is 486. The van der Waals surface area contributed by atoms with Crippen molar-refractivity contribution in [2.75, 3.05) is 25.6 Å². The molecule has 2 N–H and O–H groups in total. The number of hydrogen-bond donors (Lipinski definition) is 1. The summed E-state index contributed by atoms with van der Waals surface area (Å²) in [5.41, 5.74) is 7.60. The van der Waals surface area contributed by atoms with Gasteiger partial charge in [0, 0.05) is 25.3 Å². The molecule has 2 unspecified atom stereocenters. The van der Waals surface area contributed by atoms with Gasteiger partial charge in [-0.2, -0.15) is 0 Å². The highest BCUT2D eigenvalue weighted by Gasteiger charge is 2.43. The molecule has 2 saturated carbocycles. The van der Waals surface area contributed by atoms with Crippen molar-refractivity contribution in [1.82, 2.24) is 0 Å². The van der Waals surface area contributed by atoms with Crippen LogP contribution < -0.4 is 15.4 Å². The van der Waals surface area contributed by atoms with Gasteiger partial charge in [-0.05, 0) is 49.7 Å². The zero-order chi connectivity index (χ0) is 14.9. The van der Waals surface area contributed by atoms with Crippen molar-refractivity contribution in [2.24, 2.45) is 17.6 Å². The fraction of sp³-hybridized carbons (Fsp3) is 0.667. The molecular weight excluding hydrogens is 260 g/mol. The van der Waals surface area contributed by atoms with E-state index in [9.17, 15) is 0 Å². The van der Waals surface area contributed by atoms with Crippen LogP contribution in [-0.2, 0) is 0 Å². The Kier molecular flexibility index (Phi) is 4.12. The maximum absolute atomic E-state index is 6.26. The molecule has 2 aliphatic rings. The first-order valence-corrected chi connectivity index (χ1v) is 8.26. The summed E-state index contributed by atoms with van der Waals surface area (Å²) in [5.74, 6) is 2.78. The summed E-state index contributed by atoms with van der Waals surface area (Å²) in [6, 6.07) is 8.36. The highest BCUT2D eigenvalue weighted by atomic mass is 16.5. The first-order valence-electron chi connectivity index (χ1n) is 8.26. The van der Waals surface area contributed by atoms with Crippen LogP contribution in [0.1, 0.15) is 38.5 Å². The topological polar surface area (TPSA) is 38.5 Å². The number of nitrogens with two attached hydrogens (primary N) is 1. The first kappa shape index (κ1) is 14.7. The number of nitrogens with zero attached hydrogens (tertiary/aromatic N) is 1. The van der Waals surface area contributed by atoms with E-state index in [0.717, 1.165) is 24.1 Å². The molecule has 2 aliphatic carbocycles. The lowest BCUT2D eigenvalue weighted by molar-refractivity contribution is 0.204. The third-order valence-electron chi connectivity index (χ3n) is 5.68. The van der Waals surface area contributed by atoms with Crippen LogP contribution in [0.2, 0.25) is 0 Å². The molecule has 1 aromatic carbocycles. The van der Waals surface area contributed by atoms with E-state index in [1.807, 2.05) is 6.07 Å². The monoisotopic (exact) mass is 288 g/mol. The average molecular weight is 288 g/mol. The summed E-state index contributed by atoms with van der Waals surface area (Å²) in [4.78, 5) is 2.42. The van der Waals surface area contributed by atoms with Gasteiger partial charge in [-0.1, -0.05) is 18.9 Å². The molecule has 2 atom stereocenters. The molecule has 3 rings (SSSR count). The Hall–Kier alpha value is -1.22. The van der Waals surface area contributed by atoms with Crippen molar-refractivity contribution < 1.29 is 4.74 Å². The second-order valence-electron chi connectivity index (χ2n) is 6.88. The third-order valence-corrected chi connectivity index (χ3v) is 5.68. The number of methoxy groups -OCH3 is 1. The van der Waals surface area contributed by atoms with Gasteiger partial charge in [0.05, 0.1) is 12.6 Å². The molecule has 3 heteroatoms. The molecule has 2 fully saturated rings. The Morgan fingerprint density at radius 2 is 2.10 bits per heavy atom. The molecule has 21 heavy (non-hydrogen) atoms. The van der Waals surface area contributed by atoms with Crippen LogP contribution >= 0.6 is 0 Å². The van der Waals surface area contributed by atoms with E-state index in [1.165, 1.54) is 44.2 Å². The van der Waals surface area contributed by atoms with Crippen molar-refractivity contribution in [3.8, 4) is 5.75 Å². The van der Waals surface area contributed by atoms with Crippen molar-refractivity contribution in [3.05, 3.63) is 24.3 Å². The van der Waals surface area contributed by atoms with Gasteiger partial charge in [-0.15, -0.1) is 0 Å². The fourth-order valence-corrected chi connectivity index (χ4v) is 4.08. The molecule has 0 amide bonds. The highest BCUT2D eigenvalue weighted by Crippen LogP contribution is 2.48. The van der Waals surface area contributed by atoms with E-state index in [-0.39, 0.29) is 5.54 Å². The molecule has 116 valence electrons. The summed E-state index contributed by atoms with van der Waals surface area (Å²) in [7, 11) is 3.93. The van der Waals surface area contributed by atoms with E-state index in [4.69, 9.17) is 10.5 Å². The summed E-state index contributed by atoms with van der Waals surface area (Å²) < 4.78 is 5.37. The lowest BCUT2D eigenvalue weighted by atomic mass is 9.72. The van der Waals surface area contributed by atoms with Crippen LogP contribution in [0, 0.1) is 11.8 Å². The first-order chi connectivity index (χ1) is 10.2. The van der Waals surface area contributed by atoms with Gasteiger partial charge in [-0.3, -0.25) is 0 Å². The number of likely N-dealkylation sites (N-methyl/N-ethyl adjacent to an activating group) is 1. The molecule has 0 bridgehead atoms. The minimum absolute atomic E-state index is 0.123. The molecule has 0 aliphatic heterocycles. The molecule has 0 heterocycles. The van der Waals surface area contributed by atoms with Gasteiger partial charge < -0.3 is 15.4 Å². The molecule has 0 spiro atoms. The lowest BCUT2D eigenvalue weighted by Crippen LogP contribution is -2.55. The fourth-order valence-electron chi connectivity index (χ4n) is 4.08. The van der Waals surface area contributed by atoms with Gasteiger partial charge >= 0.3 is 0 Å². The van der Waals surface area contributed by atoms with E-state index >= 15 is 0 Å². The second kappa shape index (κ2) is 5.88. The van der Waals surface area contributed by atoms with Crippen molar-refractivity contribution in [3.63, 3.8) is 0 Å². The summed E-state index contributed by atoms with van der Waals surface area (Å²) in [5, 5.41) is 0. The van der Waals surface area contributed by atoms with Crippen molar-refractivity contribution >= 4 is 5.69 Å². The van der Waals surface area contributed by atoms with Gasteiger partial charge in [0.2, 0.25) is 0 Å². The van der Waals surface area contributed by atoms with Crippen LogP contribution in [0.3, 0.4) is 0 Å². The van der Waals surface area contributed by atoms with E-state index in [2.05, 4.69) is 30.1 Å². The number of benzene rings is 1. The number of ether oxygens (including phenoxy) is 1. The van der Waals surface area contributed by atoms with Crippen LogP contribution in [0.4, 0.5) is 5.69 Å². The third kappa shape index (κ3) is 2.89. The minimum Gasteiger partial charge on any atom is -0.497 e. The summed E-state index contributed by atoms with van der Waals surface area (Å²) >= 11 is 0. The molecule has 0 aromatic heterocycles.